The molecule has 154 valence electrons. The normalized spacial score (nSPS) is 17.0. The number of anilines is 1. The van der Waals surface area contributed by atoms with Gasteiger partial charge in [-0.25, -0.2) is 4.79 Å². The van der Waals surface area contributed by atoms with E-state index in [1.807, 2.05) is 24.3 Å². The number of carbonyl (C=O) groups excluding carboxylic acids is 2. The Morgan fingerprint density at radius 1 is 1.21 bits per heavy atom. The van der Waals surface area contributed by atoms with E-state index in [4.69, 9.17) is 16.3 Å². The molecular formula is C23H27ClN2O3. The van der Waals surface area contributed by atoms with Crippen LogP contribution in [0.4, 0.5) is 5.69 Å². The number of carbonyl (C=O) groups is 2. The van der Waals surface area contributed by atoms with Gasteiger partial charge in [0.25, 0.3) is 5.91 Å². The minimum Gasteiger partial charge on any atom is -0.462 e. The van der Waals surface area contributed by atoms with Crippen LogP contribution < -0.4 is 5.32 Å². The third-order valence-electron chi connectivity index (χ3n) is 5.08. The molecule has 1 saturated heterocycles. The molecule has 2 aromatic rings. The molecule has 0 aromatic heterocycles. The molecule has 1 heterocycles. The smallest absolute Gasteiger partial charge is 0.339 e. The van der Waals surface area contributed by atoms with Crippen LogP contribution in [0, 0.1) is 5.92 Å². The fourth-order valence-corrected chi connectivity index (χ4v) is 3.82. The van der Waals surface area contributed by atoms with Crippen LogP contribution in [0.5, 0.6) is 0 Å². The van der Waals surface area contributed by atoms with Crippen LogP contribution in [0.3, 0.4) is 0 Å². The summed E-state index contributed by atoms with van der Waals surface area (Å²) in [6.07, 6.45) is 2.55. The van der Waals surface area contributed by atoms with Crippen molar-refractivity contribution in [2.24, 2.45) is 5.92 Å². The predicted octanol–water partition coefficient (Wildman–Crippen LogP) is 5.00. The Labute approximate surface area is 177 Å². The SMILES string of the molecule is CCOC(=O)c1cc(NC(=O)c2ccc(CN3CCC[C@@H](C)C3)cc2)ccc1Cl. The van der Waals surface area contributed by atoms with Crippen molar-refractivity contribution in [3.05, 3.63) is 64.2 Å². The number of nitrogens with zero attached hydrogens (tertiary/aromatic N) is 1. The number of esters is 1. The van der Waals surface area contributed by atoms with E-state index >= 15 is 0 Å². The largest absolute Gasteiger partial charge is 0.462 e. The van der Waals surface area contributed by atoms with E-state index in [2.05, 4.69) is 17.1 Å². The van der Waals surface area contributed by atoms with Crippen LogP contribution in [-0.4, -0.2) is 36.5 Å². The highest BCUT2D eigenvalue weighted by Crippen LogP contribution is 2.22. The van der Waals surface area contributed by atoms with Crippen molar-refractivity contribution in [3.63, 3.8) is 0 Å². The van der Waals surface area contributed by atoms with Crippen molar-refractivity contribution >= 4 is 29.2 Å². The zero-order chi connectivity index (χ0) is 20.8. The van der Waals surface area contributed by atoms with Crippen LogP contribution in [0.25, 0.3) is 0 Å². The van der Waals surface area contributed by atoms with E-state index in [9.17, 15) is 9.59 Å². The van der Waals surface area contributed by atoms with E-state index in [0.29, 0.717) is 11.3 Å². The van der Waals surface area contributed by atoms with Gasteiger partial charge in [0.15, 0.2) is 0 Å². The standard InChI is InChI=1S/C23H27ClN2O3/c1-3-29-23(28)20-13-19(10-11-21(20)24)25-22(27)18-8-6-17(7-9-18)15-26-12-4-5-16(2)14-26/h6-11,13,16H,3-5,12,14-15H2,1-2H3,(H,25,27)/t16-/m1/s1. The number of amides is 1. The lowest BCUT2D eigenvalue weighted by molar-refractivity contribution is 0.0526. The predicted molar refractivity (Wildman–Crippen MR) is 115 cm³/mol. The Kier molecular flexibility index (Phi) is 7.29. The summed E-state index contributed by atoms with van der Waals surface area (Å²) in [7, 11) is 0. The Morgan fingerprint density at radius 3 is 2.66 bits per heavy atom. The van der Waals surface area contributed by atoms with Gasteiger partial charge >= 0.3 is 5.97 Å². The Bertz CT molecular complexity index is 867. The van der Waals surface area contributed by atoms with Crippen molar-refractivity contribution in [1.29, 1.82) is 0 Å². The average molecular weight is 415 g/mol. The molecule has 1 amide bonds. The molecule has 1 atom stereocenters. The van der Waals surface area contributed by atoms with E-state index in [0.717, 1.165) is 25.6 Å². The molecule has 0 unspecified atom stereocenters. The number of halogens is 1. The summed E-state index contributed by atoms with van der Waals surface area (Å²) < 4.78 is 5.00. The van der Waals surface area contributed by atoms with Crippen LogP contribution in [0.15, 0.2) is 42.5 Å². The first-order chi connectivity index (χ1) is 14.0. The van der Waals surface area contributed by atoms with Gasteiger partial charge in [-0.1, -0.05) is 30.7 Å². The van der Waals surface area contributed by atoms with Gasteiger partial charge in [-0.2, -0.15) is 0 Å². The molecule has 1 fully saturated rings. The molecule has 29 heavy (non-hydrogen) atoms. The van der Waals surface area contributed by atoms with E-state index in [-0.39, 0.29) is 23.1 Å². The molecule has 1 N–H and O–H groups in total. The van der Waals surface area contributed by atoms with Gasteiger partial charge in [0.2, 0.25) is 0 Å². The zero-order valence-corrected chi connectivity index (χ0v) is 17.7. The highest BCUT2D eigenvalue weighted by molar-refractivity contribution is 6.33. The molecule has 2 aromatic carbocycles. The number of likely N-dealkylation sites (tertiary alicyclic amines) is 1. The van der Waals surface area contributed by atoms with Crippen LogP contribution in [0.2, 0.25) is 5.02 Å². The molecular weight excluding hydrogens is 388 g/mol. The summed E-state index contributed by atoms with van der Waals surface area (Å²) >= 11 is 6.07. The molecule has 1 aliphatic heterocycles. The lowest BCUT2D eigenvalue weighted by Crippen LogP contribution is -2.33. The van der Waals surface area contributed by atoms with Gasteiger partial charge < -0.3 is 10.1 Å². The quantitative estimate of drug-likeness (QED) is 0.675. The van der Waals surface area contributed by atoms with E-state index in [1.54, 1.807) is 19.1 Å². The van der Waals surface area contributed by atoms with Crippen molar-refractivity contribution in [3.8, 4) is 0 Å². The molecule has 0 bridgehead atoms. The summed E-state index contributed by atoms with van der Waals surface area (Å²) in [5.41, 5.74) is 2.49. The monoisotopic (exact) mass is 414 g/mol. The number of hydrogen-bond donors (Lipinski definition) is 1. The molecule has 0 spiro atoms. The summed E-state index contributed by atoms with van der Waals surface area (Å²) in [6, 6.07) is 12.4. The Balaban J connectivity index is 1.63. The minimum atomic E-state index is -0.509. The van der Waals surface area contributed by atoms with Crippen molar-refractivity contribution in [2.75, 3.05) is 25.0 Å². The maximum atomic E-state index is 12.6. The second-order valence-corrected chi connectivity index (χ2v) is 7.96. The van der Waals surface area contributed by atoms with E-state index in [1.165, 1.54) is 24.5 Å². The second-order valence-electron chi connectivity index (χ2n) is 7.55. The fraction of sp³-hybridized carbons (Fsp3) is 0.391. The molecule has 1 aliphatic rings. The Hall–Kier alpha value is -2.37. The van der Waals surface area contributed by atoms with Crippen molar-refractivity contribution in [1.82, 2.24) is 4.90 Å². The van der Waals surface area contributed by atoms with Gasteiger partial charge in [0, 0.05) is 24.3 Å². The number of ether oxygens (including phenoxy) is 1. The number of nitrogens with one attached hydrogen (secondary N) is 1. The molecule has 6 heteroatoms. The summed E-state index contributed by atoms with van der Waals surface area (Å²) in [5.74, 6) is -0.00191. The molecule has 0 saturated carbocycles. The van der Waals surface area contributed by atoms with Gasteiger partial charge in [-0.05, 0) is 68.1 Å². The number of piperidine rings is 1. The second kappa shape index (κ2) is 9.90. The average Bonchev–Trinajstić information content (AvgIpc) is 2.70. The third kappa shape index (κ3) is 5.81. The maximum Gasteiger partial charge on any atom is 0.339 e. The van der Waals surface area contributed by atoms with E-state index < -0.39 is 5.97 Å². The van der Waals surface area contributed by atoms with Crippen LogP contribution in [0.1, 0.15) is 53.0 Å². The van der Waals surface area contributed by atoms with Gasteiger partial charge in [0.05, 0.1) is 17.2 Å². The van der Waals surface area contributed by atoms with Crippen molar-refractivity contribution in [2.45, 2.75) is 33.2 Å². The van der Waals surface area contributed by atoms with Crippen LogP contribution in [-0.2, 0) is 11.3 Å². The highest BCUT2D eigenvalue weighted by atomic mass is 35.5. The lowest BCUT2D eigenvalue weighted by Gasteiger charge is -2.30. The molecule has 0 aliphatic carbocycles. The molecule has 3 rings (SSSR count). The first-order valence-corrected chi connectivity index (χ1v) is 10.4. The third-order valence-corrected chi connectivity index (χ3v) is 5.41. The molecule has 0 radical (unpaired) electrons. The lowest BCUT2D eigenvalue weighted by atomic mass is 9.99. The highest BCUT2D eigenvalue weighted by Gasteiger charge is 2.17. The maximum absolute atomic E-state index is 12.6. The number of hydrogen-bond acceptors (Lipinski definition) is 4. The summed E-state index contributed by atoms with van der Waals surface area (Å²) in [4.78, 5) is 27.0. The summed E-state index contributed by atoms with van der Waals surface area (Å²) in [5, 5.41) is 3.10. The zero-order valence-electron chi connectivity index (χ0n) is 16.9. The first kappa shape index (κ1) is 21.3. The van der Waals surface area contributed by atoms with Crippen LogP contribution >= 0.6 is 11.6 Å². The van der Waals surface area contributed by atoms with Gasteiger partial charge in [-0.3, -0.25) is 9.69 Å². The first-order valence-electron chi connectivity index (χ1n) is 10.1. The Morgan fingerprint density at radius 2 is 1.97 bits per heavy atom. The molecule has 5 nitrogen and oxygen atoms in total. The van der Waals surface area contributed by atoms with Gasteiger partial charge in [-0.15, -0.1) is 0 Å². The minimum absolute atomic E-state index is 0.234. The number of benzene rings is 2. The topological polar surface area (TPSA) is 58.6 Å². The summed E-state index contributed by atoms with van der Waals surface area (Å²) in [6.45, 7) is 7.45. The van der Waals surface area contributed by atoms with Gasteiger partial charge in [0.1, 0.15) is 0 Å². The van der Waals surface area contributed by atoms with Crippen molar-refractivity contribution < 1.29 is 14.3 Å². The number of rotatable bonds is 6. The fourth-order valence-electron chi connectivity index (χ4n) is 3.62.